The van der Waals surface area contributed by atoms with Crippen LogP contribution in [0.5, 0.6) is 11.5 Å². The predicted molar refractivity (Wildman–Crippen MR) is 95.3 cm³/mol. The van der Waals surface area contributed by atoms with Gasteiger partial charge in [0.25, 0.3) is 0 Å². The van der Waals surface area contributed by atoms with Gasteiger partial charge in [-0.3, -0.25) is 4.79 Å². The van der Waals surface area contributed by atoms with Crippen molar-refractivity contribution in [3.05, 3.63) is 36.4 Å². The Labute approximate surface area is 153 Å². The molecule has 2 heterocycles. The predicted octanol–water partition coefficient (Wildman–Crippen LogP) is 2.22. The number of benzene rings is 2. The molecule has 1 amide bonds. The lowest BCUT2D eigenvalue weighted by Gasteiger charge is -2.07. The van der Waals surface area contributed by atoms with Crippen LogP contribution in [0.3, 0.4) is 0 Å². The lowest BCUT2D eigenvalue weighted by Crippen LogP contribution is -2.17. The summed E-state index contributed by atoms with van der Waals surface area (Å²) >= 11 is 0.953. The molecule has 0 fully saturated rings. The minimum Gasteiger partial charge on any atom is -0.454 e. The van der Waals surface area contributed by atoms with Crippen molar-refractivity contribution < 1.29 is 22.7 Å². The molecular formula is C16H13N3O5S2. The minimum atomic E-state index is -3.66. The third-order valence-corrected chi connectivity index (χ3v) is 6.12. The molecule has 1 N–H and O–H groups in total. The molecule has 0 atom stereocenters. The van der Waals surface area contributed by atoms with E-state index in [0.717, 1.165) is 11.7 Å². The molecule has 0 spiro atoms. The normalized spacial score (nSPS) is 13.1. The third kappa shape index (κ3) is 3.20. The van der Waals surface area contributed by atoms with Gasteiger partial charge in [-0.2, -0.15) is 8.75 Å². The first-order valence-corrected chi connectivity index (χ1v) is 10.0. The Morgan fingerprint density at radius 3 is 2.88 bits per heavy atom. The van der Waals surface area contributed by atoms with E-state index in [1.165, 1.54) is 6.07 Å². The molecule has 0 unspecified atom stereocenters. The summed E-state index contributed by atoms with van der Waals surface area (Å²) in [6.07, 6.45) is -0.176. The molecule has 10 heteroatoms. The Balaban J connectivity index is 1.44. The van der Waals surface area contributed by atoms with Crippen LogP contribution in [-0.2, 0) is 14.6 Å². The molecule has 0 aliphatic carbocycles. The van der Waals surface area contributed by atoms with E-state index < -0.39 is 15.7 Å². The van der Waals surface area contributed by atoms with Crippen LogP contribution in [0.1, 0.15) is 6.42 Å². The van der Waals surface area contributed by atoms with Crippen molar-refractivity contribution in [2.24, 2.45) is 0 Å². The molecule has 134 valence electrons. The first-order chi connectivity index (χ1) is 12.5. The lowest BCUT2D eigenvalue weighted by atomic mass is 10.2. The summed E-state index contributed by atoms with van der Waals surface area (Å²) in [6.45, 7) is 0.141. The summed E-state index contributed by atoms with van der Waals surface area (Å²) in [4.78, 5) is 12.2. The van der Waals surface area contributed by atoms with Gasteiger partial charge in [0, 0.05) is 18.2 Å². The summed E-state index contributed by atoms with van der Waals surface area (Å²) in [7, 11) is -3.66. The number of ether oxygens (including phenoxy) is 2. The average molecular weight is 391 g/mol. The molecular weight excluding hydrogens is 378 g/mol. The topological polar surface area (TPSA) is 107 Å². The van der Waals surface area contributed by atoms with Crippen molar-refractivity contribution in [3.8, 4) is 11.5 Å². The molecule has 26 heavy (non-hydrogen) atoms. The molecule has 1 aliphatic rings. The summed E-state index contributed by atoms with van der Waals surface area (Å²) in [5, 5.41) is 2.66. The van der Waals surface area contributed by atoms with Crippen LogP contribution in [0, 0.1) is 0 Å². The van der Waals surface area contributed by atoms with Crippen molar-refractivity contribution in [2.45, 2.75) is 11.3 Å². The van der Waals surface area contributed by atoms with E-state index in [1.54, 1.807) is 30.3 Å². The highest BCUT2D eigenvalue weighted by atomic mass is 32.2. The zero-order valence-electron chi connectivity index (χ0n) is 13.3. The van der Waals surface area contributed by atoms with Gasteiger partial charge in [0.05, 0.1) is 22.4 Å². The molecule has 0 saturated carbocycles. The second-order valence-electron chi connectivity index (χ2n) is 5.57. The molecule has 2 aromatic carbocycles. The number of carbonyl (C=O) groups is 1. The van der Waals surface area contributed by atoms with Crippen LogP contribution < -0.4 is 14.8 Å². The van der Waals surface area contributed by atoms with E-state index >= 15 is 0 Å². The zero-order valence-corrected chi connectivity index (χ0v) is 15.0. The smallest absolute Gasteiger partial charge is 0.231 e. The fourth-order valence-electron chi connectivity index (χ4n) is 2.57. The number of hydrogen-bond donors (Lipinski definition) is 1. The maximum absolute atomic E-state index is 12.6. The second kappa shape index (κ2) is 6.54. The zero-order chi connectivity index (χ0) is 18.1. The largest absolute Gasteiger partial charge is 0.454 e. The van der Waals surface area contributed by atoms with E-state index in [2.05, 4.69) is 14.1 Å². The summed E-state index contributed by atoms with van der Waals surface area (Å²) in [5.41, 5.74) is 1.39. The van der Waals surface area contributed by atoms with Gasteiger partial charge >= 0.3 is 0 Å². The number of rotatable bonds is 5. The number of sulfone groups is 1. The standard InChI is InChI=1S/C16H13N3O5S2/c20-15(17-10-4-5-12-13(8-10)24-9-23-12)6-7-26(21,22)14-3-1-2-11-16(14)19-25-18-11/h1-5,8H,6-7,9H2,(H,17,20). The molecule has 3 aromatic rings. The van der Waals surface area contributed by atoms with Crippen LogP contribution in [-0.4, -0.2) is 35.6 Å². The fourth-order valence-corrected chi connectivity index (χ4v) is 4.58. The molecule has 1 aromatic heterocycles. The number of aromatic nitrogens is 2. The van der Waals surface area contributed by atoms with Crippen LogP contribution in [0.2, 0.25) is 0 Å². The monoisotopic (exact) mass is 391 g/mol. The van der Waals surface area contributed by atoms with E-state index in [-0.39, 0.29) is 23.9 Å². The third-order valence-electron chi connectivity index (χ3n) is 3.84. The molecule has 0 radical (unpaired) electrons. The lowest BCUT2D eigenvalue weighted by molar-refractivity contribution is -0.115. The van der Waals surface area contributed by atoms with Crippen molar-refractivity contribution >= 4 is 44.2 Å². The van der Waals surface area contributed by atoms with Crippen LogP contribution >= 0.6 is 11.7 Å². The Morgan fingerprint density at radius 2 is 2.00 bits per heavy atom. The second-order valence-corrected chi connectivity index (χ2v) is 8.18. The van der Waals surface area contributed by atoms with Crippen molar-refractivity contribution in [1.82, 2.24) is 8.75 Å². The molecule has 4 rings (SSSR count). The summed E-state index contributed by atoms with van der Waals surface area (Å²) < 4.78 is 43.7. The van der Waals surface area contributed by atoms with Gasteiger partial charge in [0.15, 0.2) is 21.3 Å². The average Bonchev–Trinajstić information content (AvgIpc) is 3.28. The van der Waals surface area contributed by atoms with Gasteiger partial charge in [-0.05, 0) is 24.3 Å². The van der Waals surface area contributed by atoms with Crippen molar-refractivity contribution in [1.29, 1.82) is 0 Å². The Bertz CT molecular complexity index is 1090. The summed E-state index contributed by atoms with van der Waals surface area (Å²) in [5.74, 6) is 0.421. The highest BCUT2D eigenvalue weighted by Gasteiger charge is 2.21. The highest BCUT2D eigenvalue weighted by Crippen LogP contribution is 2.34. The maximum Gasteiger partial charge on any atom is 0.231 e. The van der Waals surface area contributed by atoms with Gasteiger partial charge in [-0.15, -0.1) is 0 Å². The van der Waals surface area contributed by atoms with Gasteiger partial charge in [0.1, 0.15) is 11.0 Å². The van der Waals surface area contributed by atoms with Crippen molar-refractivity contribution in [2.75, 3.05) is 17.9 Å². The fraction of sp³-hybridized carbons (Fsp3) is 0.188. The first kappa shape index (κ1) is 16.7. The molecule has 8 nitrogen and oxygen atoms in total. The maximum atomic E-state index is 12.6. The van der Waals surface area contributed by atoms with Crippen LogP contribution in [0.15, 0.2) is 41.3 Å². The summed E-state index contributed by atoms with van der Waals surface area (Å²) in [6, 6.07) is 9.78. The SMILES string of the molecule is O=C(CCS(=O)(=O)c1cccc2nsnc12)Nc1ccc2c(c1)OCO2. The molecule has 1 aliphatic heterocycles. The van der Waals surface area contributed by atoms with E-state index in [0.29, 0.717) is 28.2 Å². The number of nitrogens with zero attached hydrogens (tertiary/aromatic N) is 2. The molecule has 0 saturated heterocycles. The highest BCUT2D eigenvalue weighted by molar-refractivity contribution is 7.91. The van der Waals surface area contributed by atoms with Crippen LogP contribution in [0.25, 0.3) is 11.0 Å². The Kier molecular flexibility index (Phi) is 4.21. The molecule has 0 bridgehead atoms. The number of amides is 1. The van der Waals surface area contributed by atoms with Crippen LogP contribution in [0.4, 0.5) is 5.69 Å². The number of anilines is 1. The number of carbonyl (C=O) groups excluding carboxylic acids is 1. The van der Waals surface area contributed by atoms with Gasteiger partial charge < -0.3 is 14.8 Å². The number of fused-ring (bicyclic) bond motifs is 2. The van der Waals surface area contributed by atoms with E-state index in [4.69, 9.17) is 9.47 Å². The van der Waals surface area contributed by atoms with Gasteiger partial charge in [0.2, 0.25) is 12.7 Å². The Morgan fingerprint density at radius 1 is 1.15 bits per heavy atom. The van der Waals surface area contributed by atoms with Gasteiger partial charge in [-0.1, -0.05) is 6.07 Å². The number of nitrogens with one attached hydrogen (secondary N) is 1. The van der Waals surface area contributed by atoms with E-state index in [1.807, 2.05) is 0 Å². The Hall–Kier alpha value is -2.72. The quantitative estimate of drug-likeness (QED) is 0.710. The van der Waals surface area contributed by atoms with Gasteiger partial charge in [-0.25, -0.2) is 8.42 Å². The first-order valence-electron chi connectivity index (χ1n) is 7.66. The van der Waals surface area contributed by atoms with Crippen molar-refractivity contribution in [3.63, 3.8) is 0 Å². The number of hydrogen-bond acceptors (Lipinski definition) is 8. The minimum absolute atomic E-state index is 0.0969. The van der Waals surface area contributed by atoms with E-state index in [9.17, 15) is 13.2 Å².